The van der Waals surface area contributed by atoms with Crippen molar-refractivity contribution in [2.75, 3.05) is 0 Å². The summed E-state index contributed by atoms with van der Waals surface area (Å²) in [5, 5.41) is 21.3. The van der Waals surface area contributed by atoms with Crippen LogP contribution < -0.4 is 10.6 Å². The third kappa shape index (κ3) is 5.43. The molecule has 1 rings (SSSR count). The maximum Gasteiger partial charge on any atom is 0.326 e. The Labute approximate surface area is 117 Å². The average molecular weight is 302 g/mol. The lowest BCUT2D eigenvalue weighted by molar-refractivity contribution is -0.145. The molecule has 0 saturated heterocycles. The molecule has 0 aliphatic rings. The van der Waals surface area contributed by atoms with Crippen molar-refractivity contribution < 1.29 is 33.4 Å². The molecular formula is C12H12F2N2O5. The van der Waals surface area contributed by atoms with Gasteiger partial charge in [0.05, 0.1) is 6.42 Å². The Balaban J connectivity index is 2.56. The fraction of sp³-hybridized carbons (Fsp3) is 0.250. The normalized spacial score (nSPS) is 11.5. The molecule has 1 atom stereocenters. The highest BCUT2D eigenvalue weighted by Gasteiger charge is 2.22. The van der Waals surface area contributed by atoms with Crippen LogP contribution in [0.4, 0.5) is 13.6 Å². The summed E-state index contributed by atoms with van der Waals surface area (Å²) in [5.41, 5.74) is -0.00309. The number of urea groups is 1. The number of aliphatic carboxylic acids is 2. The maximum absolute atomic E-state index is 13.3. The third-order valence-electron chi connectivity index (χ3n) is 2.44. The Kier molecular flexibility index (Phi) is 5.58. The van der Waals surface area contributed by atoms with E-state index < -0.39 is 42.1 Å². The summed E-state index contributed by atoms with van der Waals surface area (Å²) >= 11 is 0. The minimum Gasteiger partial charge on any atom is -0.481 e. The number of carboxylic acids is 2. The molecule has 2 amide bonds. The minimum absolute atomic E-state index is 0.00309. The lowest BCUT2D eigenvalue weighted by Crippen LogP contribution is -2.46. The Bertz CT molecular complexity index is 565. The zero-order valence-electron chi connectivity index (χ0n) is 10.6. The zero-order chi connectivity index (χ0) is 16.0. The zero-order valence-corrected chi connectivity index (χ0v) is 10.6. The number of hydrogen-bond donors (Lipinski definition) is 4. The first kappa shape index (κ1) is 16.3. The standard InChI is InChI=1S/C12H12F2N2O5/c13-7-2-1-6(8(14)3-7)5-15-12(21)16-9(11(19)20)4-10(17)18/h1-3,9H,4-5H2,(H,17,18)(H,19,20)(H2,15,16,21)/t9-/m1/s1. The number of carbonyl (C=O) groups is 3. The molecule has 0 unspecified atom stereocenters. The summed E-state index contributed by atoms with van der Waals surface area (Å²) < 4.78 is 25.9. The van der Waals surface area contributed by atoms with Gasteiger partial charge in [0, 0.05) is 18.2 Å². The molecule has 0 aliphatic heterocycles. The molecule has 0 bridgehead atoms. The van der Waals surface area contributed by atoms with Crippen LogP contribution in [0.15, 0.2) is 18.2 Å². The number of carboxylic acid groups (broad SMARTS) is 2. The summed E-state index contributed by atoms with van der Waals surface area (Å²) in [6.07, 6.45) is -0.798. The van der Waals surface area contributed by atoms with Gasteiger partial charge in [0.15, 0.2) is 0 Å². The van der Waals surface area contributed by atoms with Gasteiger partial charge >= 0.3 is 18.0 Å². The van der Waals surface area contributed by atoms with Gasteiger partial charge in [-0.3, -0.25) is 4.79 Å². The number of hydrogen-bond acceptors (Lipinski definition) is 3. The number of carbonyl (C=O) groups excluding carboxylic acids is 1. The number of amides is 2. The second-order valence-electron chi connectivity index (χ2n) is 4.05. The van der Waals surface area contributed by atoms with Gasteiger partial charge in [0.1, 0.15) is 17.7 Å². The summed E-state index contributed by atoms with van der Waals surface area (Å²) in [6, 6.07) is 0.173. The molecule has 0 heterocycles. The van der Waals surface area contributed by atoms with E-state index in [-0.39, 0.29) is 12.1 Å². The van der Waals surface area contributed by atoms with Crippen molar-refractivity contribution in [3.05, 3.63) is 35.4 Å². The average Bonchev–Trinajstić information content (AvgIpc) is 2.36. The molecule has 4 N–H and O–H groups in total. The topological polar surface area (TPSA) is 116 Å². The van der Waals surface area contributed by atoms with Crippen LogP contribution >= 0.6 is 0 Å². The molecule has 9 heteroatoms. The molecule has 1 aromatic rings. The van der Waals surface area contributed by atoms with Gasteiger partial charge in [-0.25, -0.2) is 18.4 Å². The minimum atomic E-state index is -1.61. The summed E-state index contributed by atoms with van der Waals surface area (Å²) in [4.78, 5) is 32.6. The van der Waals surface area contributed by atoms with Crippen molar-refractivity contribution >= 4 is 18.0 Å². The van der Waals surface area contributed by atoms with Crippen LogP contribution in [0.2, 0.25) is 0 Å². The summed E-state index contributed by atoms with van der Waals surface area (Å²) in [5.74, 6) is -4.54. The van der Waals surface area contributed by atoms with E-state index in [4.69, 9.17) is 10.2 Å². The van der Waals surface area contributed by atoms with Crippen LogP contribution in [0, 0.1) is 11.6 Å². The molecule has 0 radical (unpaired) electrons. The van der Waals surface area contributed by atoms with Crippen LogP contribution in [-0.2, 0) is 16.1 Å². The molecule has 0 aromatic heterocycles. The first-order valence-corrected chi connectivity index (χ1v) is 5.72. The van der Waals surface area contributed by atoms with E-state index in [0.717, 1.165) is 12.1 Å². The lowest BCUT2D eigenvalue weighted by Gasteiger charge is -2.13. The van der Waals surface area contributed by atoms with E-state index >= 15 is 0 Å². The Hall–Kier alpha value is -2.71. The predicted molar refractivity (Wildman–Crippen MR) is 65.4 cm³/mol. The number of nitrogens with one attached hydrogen (secondary N) is 2. The van der Waals surface area contributed by atoms with Crippen molar-refractivity contribution in [1.29, 1.82) is 0 Å². The van der Waals surface area contributed by atoms with Crippen LogP contribution in [0.1, 0.15) is 12.0 Å². The molecule has 21 heavy (non-hydrogen) atoms. The monoisotopic (exact) mass is 302 g/mol. The van der Waals surface area contributed by atoms with Gasteiger partial charge in [0.25, 0.3) is 0 Å². The number of benzene rings is 1. The highest BCUT2D eigenvalue weighted by atomic mass is 19.1. The van der Waals surface area contributed by atoms with Crippen LogP contribution in [-0.4, -0.2) is 34.2 Å². The van der Waals surface area contributed by atoms with E-state index in [1.807, 2.05) is 5.32 Å². The SMILES string of the molecule is O=C(O)C[C@@H](NC(=O)NCc1ccc(F)cc1F)C(=O)O. The fourth-order valence-corrected chi connectivity index (χ4v) is 1.42. The van der Waals surface area contributed by atoms with Crippen LogP contribution in [0.25, 0.3) is 0 Å². The molecule has 0 saturated carbocycles. The molecular weight excluding hydrogens is 290 g/mol. The molecule has 7 nitrogen and oxygen atoms in total. The van der Waals surface area contributed by atoms with Gasteiger partial charge in [-0.05, 0) is 6.07 Å². The first-order valence-electron chi connectivity index (χ1n) is 5.72. The van der Waals surface area contributed by atoms with Gasteiger partial charge in [0.2, 0.25) is 0 Å². The number of rotatable bonds is 6. The summed E-state index contributed by atoms with van der Waals surface area (Å²) in [6.45, 7) is -0.308. The summed E-state index contributed by atoms with van der Waals surface area (Å²) in [7, 11) is 0. The largest absolute Gasteiger partial charge is 0.481 e. The van der Waals surface area contributed by atoms with Crippen molar-refractivity contribution in [2.24, 2.45) is 0 Å². The first-order chi connectivity index (χ1) is 9.79. The Morgan fingerprint density at radius 3 is 2.38 bits per heavy atom. The number of halogens is 2. The molecule has 0 aliphatic carbocycles. The predicted octanol–water partition coefficient (Wildman–Crippen LogP) is 0.692. The second kappa shape index (κ2) is 7.17. The van der Waals surface area contributed by atoms with Crippen LogP contribution in [0.3, 0.4) is 0 Å². The van der Waals surface area contributed by atoms with Crippen molar-refractivity contribution in [1.82, 2.24) is 10.6 Å². The van der Waals surface area contributed by atoms with E-state index in [1.165, 1.54) is 0 Å². The van der Waals surface area contributed by atoms with Gasteiger partial charge in [-0.15, -0.1) is 0 Å². The van der Waals surface area contributed by atoms with E-state index in [9.17, 15) is 23.2 Å². The Morgan fingerprint density at radius 1 is 1.19 bits per heavy atom. The van der Waals surface area contributed by atoms with Crippen LogP contribution in [0.5, 0.6) is 0 Å². The molecule has 0 fully saturated rings. The van der Waals surface area contributed by atoms with E-state index in [2.05, 4.69) is 5.32 Å². The van der Waals surface area contributed by atoms with Crippen molar-refractivity contribution in [2.45, 2.75) is 19.0 Å². The van der Waals surface area contributed by atoms with Crippen molar-refractivity contribution in [3.8, 4) is 0 Å². The molecule has 1 aromatic carbocycles. The quantitative estimate of drug-likeness (QED) is 0.617. The highest BCUT2D eigenvalue weighted by molar-refractivity contribution is 5.86. The Morgan fingerprint density at radius 2 is 1.86 bits per heavy atom. The van der Waals surface area contributed by atoms with Gasteiger partial charge < -0.3 is 20.8 Å². The third-order valence-corrected chi connectivity index (χ3v) is 2.44. The lowest BCUT2D eigenvalue weighted by atomic mass is 10.2. The van der Waals surface area contributed by atoms with E-state index in [1.54, 1.807) is 0 Å². The molecule has 0 spiro atoms. The van der Waals surface area contributed by atoms with E-state index in [0.29, 0.717) is 6.07 Å². The van der Waals surface area contributed by atoms with Gasteiger partial charge in [-0.2, -0.15) is 0 Å². The van der Waals surface area contributed by atoms with Crippen molar-refractivity contribution in [3.63, 3.8) is 0 Å². The molecule has 114 valence electrons. The second-order valence-corrected chi connectivity index (χ2v) is 4.05. The fourth-order valence-electron chi connectivity index (χ4n) is 1.42. The highest BCUT2D eigenvalue weighted by Crippen LogP contribution is 2.08. The van der Waals surface area contributed by atoms with Gasteiger partial charge in [-0.1, -0.05) is 6.07 Å². The smallest absolute Gasteiger partial charge is 0.326 e. The maximum atomic E-state index is 13.3.